The molecule has 0 bridgehead atoms. The summed E-state index contributed by atoms with van der Waals surface area (Å²) in [5.74, 6) is 0. The van der Waals surface area contributed by atoms with E-state index in [1.807, 2.05) is 24.3 Å². The number of hydrogen-bond acceptors (Lipinski definition) is 5. The van der Waals surface area contributed by atoms with Crippen molar-refractivity contribution in [1.82, 2.24) is 0 Å². The Balaban J connectivity index is 1.79. The van der Waals surface area contributed by atoms with Crippen LogP contribution in [0.5, 0.6) is 0 Å². The van der Waals surface area contributed by atoms with Crippen LogP contribution >= 0.6 is 35.0 Å². The number of non-ortho nitro benzene ring substituents is 1. The molecule has 0 amide bonds. The maximum atomic E-state index is 11.2. The summed E-state index contributed by atoms with van der Waals surface area (Å²) in [6.07, 6.45) is -0.590. The average molecular weight is 442 g/mol. The number of nitrogens with zero attached hydrogens (tertiary/aromatic N) is 3. The minimum absolute atomic E-state index is 0.00668. The average Bonchev–Trinajstić information content (AvgIpc) is 2.74. The molecular formula is C21H13Cl2N3O2S. The Labute approximate surface area is 181 Å². The molecule has 3 aromatic carbocycles. The minimum atomic E-state index is -0.590. The molecule has 1 aliphatic heterocycles. The molecule has 0 saturated carbocycles. The molecule has 5 nitrogen and oxygen atoms in total. The van der Waals surface area contributed by atoms with Gasteiger partial charge in [0.2, 0.25) is 0 Å². The molecule has 1 aliphatic rings. The summed E-state index contributed by atoms with van der Waals surface area (Å²) >= 11 is 13.5. The van der Waals surface area contributed by atoms with Gasteiger partial charge in [-0.2, -0.15) is 0 Å². The van der Waals surface area contributed by atoms with Gasteiger partial charge in [0.05, 0.1) is 4.92 Å². The van der Waals surface area contributed by atoms with Crippen molar-refractivity contribution in [3.8, 4) is 0 Å². The molecule has 4 rings (SSSR count). The van der Waals surface area contributed by atoms with E-state index in [0.29, 0.717) is 15.6 Å². The zero-order chi connectivity index (χ0) is 20.4. The maximum absolute atomic E-state index is 11.2. The van der Waals surface area contributed by atoms with Crippen LogP contribution in [0.1, 0.15) is 22.9 Å². The molecule has 0 aromatic heterocycles. The van der Waals surface area contributed by atoms with E-state index in [1.54, 1.807) is 36.4 Å². The molecule has 1 heterocycles. The first-order valence-electron chi connectivity index (χ1n) is 8.59. The molecule has 8 heteroatoms. The quantitative estimate of drug-likeness (QED) is 0.340. The second-order valence-corrected chi connectivity index (χ2v) is 8.06. The first kappa shape index (κ1) is 19.6. The van der Waals surface area contributed by atoms with Crippen molar-refractivity contribution in [3.63, 3.8) is 0 Å². The fourth-order valence-electron chi connectivity index (χ4n) is 2.80. The van der Waals surface area contributed by atoms with Gasteiger partial charge in [0, 0.05) is 38.9 Å². The van der Waals surface area contributed by atoms with Crippen molar-refractivity contribution in [3.05, 3.63) is 110 Å². The summed E-state index contributed by atoms with van der Waals surface area (Å²) in [5.41, 5.74) is 2.46. The standard InChI is InChI=1S/C21H13Cl2N3O2S/c22-16-8-4-13(5-9-16)20-24-19(15-2-1-3-18(12-15)26(27)28)25-21(29-20)14-6-10-17(23)11-7-14/h1-12,19H. The first-order chi connectivity index (χ1) is 14.0. The van der Waals surface area contributed by atoms with Crippen LogP contribution in [-0.2, 0) is 0 Å². The van der Waals surface area contributed by atoms with Crippen molar-refractivity contribution in [1.29, 1.82) is 0 Å². The van der Waals surface area contributed by atoms with Gasteiger partial charge in [0.15, 0.2) is 6.17 Å². The summed E-state index contributed by atoms with van der Waals surface area (Å²) in [6.45, 7) is 0. The van der Waals surface area contributed by atoms with Gasteiger partial charge in [-0.3, -0.25) is 10.1 Å². The number of hydrogen-bond donors (Lipinski definition) is 0. The Bertz CT molecular complexity index is 1070. The normalized spacial score (nSPS) is 14.3. The van der Waals surface area contributed by atoms with E-state index in [-0.39, 0.29) is 5.69 Å². The second kappa shape index (κ2) is 8.37. The van der Waals surface area contributed by atoms with Crippen LogP contribution in [-0.4, -0.2) is 15.0 Å². The van der Waals surface area contributed by atoms with E-state index >= 15 is 0 Å². The highest BCUT2D eigenvalue weighted by Gasteiger charge is 2.23. The Morgan fingerprint density at radius 2 is 1.34 bits per heavy atom. The number of halogens is 2. The van der Waals surface area contributed by atoms with Crippen LogP contribution in [0.2, 0.25) is 10.0 Å². The van der Waals surface area contributed by atoms with Crippen molar-refractivity contribution in [2.24, 2.45) is 9.98 Å². The number of nitro benzene ring substituents is 1. The fourth-order valence-corrected chi connectivity index (χ4v) is 4.04. The largest absolute Gasteiger partial charge is 0.269 e. The highest BCUT2D eigenvalue weighted by molar-refractivity contribution is 8.27. The smallest absolute Gasteiger partial charge is 0.258 e. The van der Waals surface area contributed by atoms with E-state index in [2.05, 4.69) is 0 Å². The monoisotopic (exact) mass is 441 g/mol. The SMILES string of the molecule is O=[N+]([O-])c1cccc(C2N=C(c3ccc(Cl)cc3)SC(c3ccc(Cl)cc3)=N2)c1. The molecule has 0 atom stereocenters. The molecule has 0 radical (unpaired) electrons. The molecule has 0 spiro atoms. The van der Waals surface area contributed by atoms with E-state index in [9.17, 15) is 10.1 Å². The third-order valence-corrected chi connectivity index (χ3v) is 5.81. The molecule has 0 N–H and O–H groups in total. The van der Waals surface area contributed by atoms with Crippen molar-refractivity contribution >= 4 is 50.7 Å². The van der Waals surface area contributed by atoms with Gasteiger partial charge >= 0.3 is 0 Å². The lowest BCUT2D eigenvalue weighted by molar-refractivity contribution is -0.384. The van der Waals surface area contributed by atoms with Crippen molar-refractivity contribution in [2.75, 3.05) is 0 Å². The summed E-state index contributed by atoms with van der Waals surface area (Å²) in [6, 6.07) is 21.2. The summed E-state index contributed by atoms with van der Waals surface area (Å²) in [7, 11) is 0. The predicted molar refractivity (Wildman–Crippen MR) is 119 cm³/mol. The van der Waals surface area contributed by atoms with Crippen LogP contribution in [0.25, 0.3) is 0 Å². The molecule has 144 valence electrons. The topological polar surface area (TPSA) is 67.9 Å². The third kappa shape index (κ3) is 4.50. The second-order valence-electron chi connectivity index (χ2n) is 6.21. The first-order valence-corrected chi connectivity index (χ1v) is 10.2. The van der Waals surface area contributed by atoms with Gasteiger partial charge in [-0.05, 0) is 36.0 Å². The highest BCUT2D eigenvalue weighted by atomic mass is 35.5. The zero-order valence-electron chi connectivity index (χ0n) is 14.8. The number of thioether (sulfide) groups is 1. The summed E-state index contributed by atoms with van der Waals surface area (Å²) in [4.78, 5) is 20.2. The molecule has 3 aromatic rings. The Hall–Kier alpha value is -2.67. The summed E-state index contributed by atoms with van der Waals surface area (Å²) in [5, 5.41) is 14.0. The number of benzene rings is 3. The van der Waals surface area contributed by atoms with Crippen LogP contribution in [0.4, 0.5) is 5.69 Å². The van der Waals surface area contributed by atoms with E-state index in [0.717, 1.165) is 21.2 Å². The van der Waals surface area contributed by atoms with Crippen LogP contribution in [0.15, 0.2) is 82.8 Å². The Morgan fingerprint density at radius 1 is 0.828 bits per heavy atom. The van der Waals surface area contributed by atoms with Crippen molar-refractivity contribution in [2.45, 2.75) is 6.17 Å². The Morgan fingerprint density at radius 3 is 1.83 bits per heavy atom. The molecular weight excluding hydrogens is 429 g/mol. The lowest BCUT2D eigenvalue weighted by Gasteiger charge is -2.20. The van der Waals surface area contributed by atoms with Gasteiger partial charge in [0.1, 0.15) is 10.1 Å². The van der Waals surface area contributed by atoms with Crippen LogP contribution < -0.4 is 0 Å². The van der Waals surface area contributed by atoms with Gasteiger partial charge in [-0.15, -0.1) is 0 Å². The highest BCUT2D eigenvalue weighted by Crippen LogP contribution is 2.34. The lowest BCUT2D eigenvalue weighted by Crippen LogP contribution is -2.12. The molecule has 0 unspecified atom stereocenters. The van der Waals surface area contributed by atoms with E-state index < -0.39 is 11.1 Å². The summed E-state index contributed by atoms with van der Waals surface area (Å²) < 4.78 is 0. The van der Waals surface area contributed by atoms with E-state index in [1.165, 1.54) is 23.9 Å². The molecule has 0 saturated heterocycles. The maximum Gasteiger partial charge on any atom is 0.269 e. The van der Waals surface area contributed by atoms with Gasteiger partial charge in [0.25, 0.3) is 5.69 Å². The van der Waals surface area contributed by atoms with Crippen molar-refractivity contribution < 1.29 is 4.92 Å². The lowest BCUT2D eigenvalue weighted by atomic mass is 10.1. The number of rotatable bonds is 4. The molecule has 0 fully saturated rings. The third-order valence-electron chi connectivity index (χ3n) is 4.23. The van der Waals surface area contributed by atoms with Gasteiger partial charge < -0.3 is 0 Å². The fraction of sp³-hybridized carbons (Fsp3) is 0.0476. The van der Waals surface area contributed by atoms with Gasteiger partial charge in [-0.1, -0.05) is 59.6 Å². The molecule has 0 aliphatic carbocycles. The van der Waals surface area contributed by atoms with Crippen LogP contribution in [0, 0.1) is 10.1 Å². The van der Waals surface area contributed by atoms with Gasteiger partial charge in [-0.25, -0.2) is 9.98 Å². The Kier molecular flexibility index (Phi) is 5.67. The van der Waals surface area contributed by atoms with E-state index in [4.69, 9.17) is 33.2 Å². The minimum Gasteiger partial charge on any atom is -0.258 e. The number of nitro groups is 1. The predicted octanol–water partition coefficient (Wildman–Crippen LogP) is 6.54. The molecule has 29 heavy (non-hydrogen) atoms. The zero-order valence-corrected chi connectivity index (χ0v) is 17.2. The van der Waals surface area contributed by atoms with Crippen LogP contribution in [0.3, 0.4) is 0 Å². The number of aliphatic imine (C=N–C) groups is 2.